The largest absolute Gasteiger partial charge is 0.341 e. The van der Waals surface area contributed by atoms with Gasteiger partial charge in [-0.25, -0.2) is 4.68 Å². The number of hydrogen-bond acceptors (Lipinski definition) is 5. The summed E-state index contributed by atoms with van der Waals surface area (Å²) < 4.78 is 1.67. The van der Waals surface area contributed by atoms with E-state index in [4.69, 9.17) is 5.26 Å². The van der Waals surface area contributed by atoms with Gasteiger partial charge in [0, 0.05) is 31.3 Å². The third-order valence-electron chi connectivity index (χ3n) is 3.36. The lowest BCUT2D eigenvalue weighted by molar-refractivity contribution is -0.124. The number of nitrogens with one attached hydrogen (secondary N) is 1. The first-order valence-electron chi connectivity index (χ1n) is 7.29. The molecule has 7 nitrogen and oxygen atoms in total. The Morgan fingerprint density at radius 3 is 2.91 bits per heavy atom. The quantitative estimate of drug-likeness (QED) is 0.771. The highest BCUT2D eigenvalue weighted by atomic mass is 16.2. The number of nitriles is 2. The molecule has 1 aromatic heterocycles. The molecular formula is C15H18N6O. The fourth-order valence-electron chi connectivity index (χ4n) is 2.33. The number of hydrogen-bond donors (Lipinski definition) is 1. The number of amides is 1. The zero-order chi connectivity index (χ0) is 15.9. The molecule has 0 spiro atoms. The Morgan fingerprint density at radius 1 is 1.41 bits per heavy atom. The Kier molecular flexibility index (Phi) is 5.16. The lowest BCUT2D eigenvalue weighted by Gasteiger charge is -2.16. The fraction of sp³-hybridized carbons (Fsp3) is 0.467. The van der Waals surface area contributed by atoms with Crippen LogP contribution in [0.3, 0.4) is 0 Å². The molecule has 0 unspecified atom stereocenters. The van der Waals surface area contributed by atoms with E-state index in [1.807, 2.05) is 6.92 Å². The molecule has 0 radical (unpaired) electrons. The summed E-state index contributed by atoms with van der Waals surface area (Å²) >= 11 is 0. The Labute approximate surface area is 129 Å². The van der Waals surface area contributed by atoms with Gasteiger partial charge in [-0.3, -0.25) is 4.79 Å². The molecule has 0 saturated heterocycles. The van der Waals surface area contributed by atoms with Crippen molar-refractivity contribution < 1.29 is 4.79 Å². The molecular weight excluding hydrogens is 280 g/mol. The van der Waals surface area contributed by atoms with Crippen molar-refractivity contribution in [2.45, 2.75) is 32.7 Å². The Hall–Kier alpha value is -2.80. The first-order chi connectivity index (χ1) is 10.7. The van der Waals surface area contributed by atoms with Crippen LogP contribution in [0.4, 0.5) is 5.82 Å². The molecule has 2 heterocycles. The molecule has 1 amide bonds. The summed E-state index contributed by atoms with van der Waals surface area (Å²) in [5.41, 5.74) is 1.19. The number of carbonyl (C=O) groups excluding carboxylic acids is 1. The summed E-state index contributed by atoms with van der Waals surface area (Å²) in [6.07, 6.45) is 5.06. The van der Waals surface area contributed by atoms with Crippen molar-refractivity contribution in [3.8, 4) is 12.1 Å². The first kappa shape index (κ1) is 15.6. The van der Waals surface area contributed by atoms with Crippen molar-refractivity contribution in [3.63, 3.8) is 0 Å². The van der Waals surface area contributed by atoms with Crippen molar-refractivity contribution in [3.05, 3.63) is 23.5 Å². The van der Waals surface area contributed by atoms with Crippen molar-refractivity contribution in [1.82, 2.24) is 14.7 Å². The lowest BCUT2D eigenvalue weighted by Crippen LogP contribution is -2.27. The molecule has 1 aromatic rings. The van der Waals surface area contributed by atoms with Gasteiger partial charge >= 0.3 is 0 Å². The summed E-state index contributed by atoms with van der Waals surface area (Å²) in [6, 6.07) is 4.18. The number of anilines is 1. The topological polar surface area (TPSA) is 97.7 Å². The van der Waals surface area contributed by atoms with E-state index in [1.54, 1.807) is 15.7 Å². The molecule has 0 fully saturated rings. The third kappa shape index (κ3) is 3.44. The number of aromatic nitrogens is 2. The maximum absolute atomic E-state index is 11.8. The van der Waals surface area contributed by atoms with Crippen LogP contribution in [0, 0.1) is 22.7 Å². The van der Waals surface area contributed by atoms with Crippen LogP contribution in [0.2, 0.25) is 0 Å². The van der Waals surface area contributed by atoms with Gasteiger partial charge in [-0.15, -0.1) is 0 Å². The van der Waals surface area contributed by atoms with Crippen molar-refractivity contribution >= 4 is 11.7 Å². The van der Waals surface area contributed by atoms with E-state index in [2.05, 4.69) is 22.6 Å². The molecule has 0 atom stereocenters. The van der Waals surface area contributed by atoms with Gasteiger partial charge in [0.1, 0.15) is 17.5 Å². The molecule has 1 aliphatic rings. The molecule has 0 aromatic carbocycles. The summed E-state index contributed by atoms with van der Waals surface area (Å²) in [7, 11) is 0. The van der Waals surface area contributed by atoms with Crippen LogP contribution >= 0.6 is 0 Å². The van der Waals surface area contributed by atoms with E-state index in [0.717, 1.165) is 12.1 Å². The molecule has 1 N–H and O–H groups in total. The maximum atomic E-state index is 11.8. The van der Waals surface area contributed by atoms with E-state index in [9.17, 15) is 10.1 Å². The smallest absolute Gasteiger partial charge is 0.248 e. The van der Waals surface area contributed by atoms with Gasteiger partial charge in [0.15, 0.2) is 0 Å². The van der Waals surface area contributed by atoms with Crippen molar-refractivity contribution in [2.75, 3.05) is 18.4 Å². The third-order valence-corrected chi connectivity index (χ3v) is 3.36. The van der Waals surface area contributed by atoms with Crippen molar-refractivity contribution in [1.29, 1.82) is 10.5 Å². The van der Waals surface area contributed by atoms with Crippen LogP contribution in [0.25, 0.3) is 0 Å². The Morgan fingerprint density at radius 2 is 2.23 bits per heavy atom. The summed E-state index contributed by atoms with van der Waals surface area (Å²) in [6.45, 7) is 3.81. The summed E-state index contributed by atoms with van der Waals surface area (Å²) in [5.74, 6) is 0.566. The second-order valence-corrected chi connectivity index (χ2v) is 5.06. The van der Waals surface area contributed by atoms with E-state index >= 15 is 0 Å². The normalized spacial score (nSPS) is 13.7. The second kappa shape index (κ2) is 7.28. The van der Waals surface area contributed by atoms with Gasteiger partial charge in [0.2, 0.25) is 5.91 Å². The minimum atomic E-state index is -0.0154. The van der Waals surface area contributed by atoms with Gasteiger partial charge < -0.3 is 10.2 Å². The summed E-state index contributed by atoms with van der Waals surface area (Å²) in [4.78, 5) is 13.6. The zero-order valence-corrected chi connectivity index (χ0v) is 12.5. The first-order valence-corrected chi connectivity index (χ1v) is 7.29. The van der Waals surface area contributed by atoms with Gasteiger partial charge in [-0.2, -0.15) is 15.6 Å². The molecule has 0 saturated carbocycles. The zero-order valence-electron chi connectivity index (χ0n) is 12.5. The second-order valence-electron chi connectivity index (χ2n) is 5.06. The van der Waals surface area contributed by atoms with Gasteiger partial charge in [-0.1, -0.05) is 6.92 Å². The molecule has 22 heavy (non-hydrogen) atoms. The van der Waals surface area contributed by atoms with E-state index < -0.39 is 0 Å². The van der Waals surface area contributed by atoms with Crippen LogP contribution in [0.5, 0.6) is 0 Å². The Bertz CT molecular complexity index is 661. The average molecular weight is 298 g/mol. The van der Waals surface area contributed by atoms with Gasteiger partial charge in [0.05, 0.1) is 18.8 Å². The van der Waals surface area contributed by atoms with Crippen LogP contribution in [-0.4, -0.2) is 33.7 Å². The minimum absolute atomic E-state index is 0.0154. The molecule has 2 rings (SSSR count). The Balaban J connectivity index is 2.11. The fourth-order valence-corrected chi connectivity index (χ4v) is 2.33. The summed E-state index contributed by atoms with van der Waals surface area (Å²) in [5, 5.41) is 25.1. The highest BCUT2D eigenvalue weighted by Crippen LogP contribution is 2.20. The van der Waals surface area contributed by atoms with Crippen LogP contribution in [0.1, 0.15) is 31.7 Å². The molecule has 0 bridgehead atoms. The average Bonchev–Trinajstić information content (AvgIpc) is 3.04. The van der Waals surface area contributed by atoms with E-state index in [-0.39, 0.29) is 5.91 Å². The number of nitrogens with zero attached hydrogens (tertiary/aromatic N) is 5. The molecule has 0 aliphatic carbocycles. The van der Waals surface area contributed by atoms with Gasteiger partial charge in [-0.05, 0) is 12.8 Å². The monoisotopic (exact) mass is 298 g/mol. The molecule has 114 valence electrons. The maximum Gasteiger partial charge on any atom is 0.248 e. The number of aryl methyl sites for hydroxylation is 1. The van der Waals surface area contributed by atoms with Crippen LogP contribution in [-0.2, 0) is 11.3 Å². The molecule has 1 aliphatic heterocycles. The number of carbonyl (C=O) groups is 1. The van der Waals surface area contributed by atoms with E-state index in [0.29, 0.717) is 43.9 Å². The van der Waals surface area contributed by atoms with Crippen LogP contribution in [0.15, 0.2) is 18.0 Å². The standard InChI is InChI=1S/C15H18N6O/c1-2-6-20-11-13(8-14(20)22)19-15-12(9-17)10-18-21(15)7-4-3-5-16/h8,10,19H,2-4,6-7,11H2,1H3. The minimum Gasteiger partial charge on any atom is -0.341 e. The number of unbranched alkanes of at least 4 members (excludes halogenated alkanes) is 1. The highest BCUT2D eigenvalue weighted by Gasteiger charge is 2.22. The molecule has 7 heteroatoms. The predicted molar refractivity (Wildman–Crippen MR) is 80.4 cm³/mol. The predicted octanol–water partition coefficient (Wildman–Crippen LogP) is 1.61. The number of rotatable bonds is 7. The highest BCUT2D eigenvalue weighted by molar-refractivity contribution is 5.92. The van der Waals surface area contributed by atoms with Gasteiger partial charge in [0.25, 0.3) is 0 Å². The van der Waals surface area contributed by atoms with E-state index in [1.165, 1.54) is 6.20 Å². The lowest BCUT2D eigenvalue weighted by atomic mass is 10.3. The van der Waals surface area contributed by atoms with Crippen molar-refractivity contribution in [2.24, 2.45) is 0 Å². The van der Waals surface area contributed by atoms with Crippen LogP contribution < -0.4 is 5.32 Å². The SMILES string of the molecule is CCCN1CC(Nc2c(C#N)cnn2CCCC#N)=CC1=O.